The van der Waals surface area contributed by atoms with E-state index in [0.717, 1.165) is 30.3 Å². The first-order valence-corrected chi connectivity index (χ1v) is 9.31. The highest BCUT2D eigenvalue weighted by Crippen LogP contribution is 2.39. The molecule has 3 rings (SSSR count). The maximum atomic E-state index is 11.0. The Morgan fingerprint density at radius 3 is 2.61 bits per heavy atom. The van der Waals surface area contributed by atoms with Crippen molar-refractivity contribution >= 4 is 6.29 Å². The second-order valence-corrected chi connectivity index (χ2v) is 7.23. The summed E-state index contributed by atoms with van der Waals surface area (Å²) in [6, 6.07) is 0.522. The van der Waals surface area contributed by atoms with Crippen LogP contribution < -0.4 is 0 Å². The Bertz CT molecular complexity index is 504. The van der Waals surface area contributed by atoms with E-state index in [2.05, 4.69) is 14.8 Å². The molecule has 0 saturated heterocycles. The average Bonchev–Trinajstić information content (AvgIpc) is 3.33. The number of rotatable bonds is 9. The van der Waals surface area contributed by atoms with E-state index < -0.39 is 0 Å². The first-order valence-electron chi connectivity index (χ1n) is 9.31. The molecule has 0 spiro atoms. The van der Waals surface area contributed by atoms with Gasteiger partial charge in [-0.2, -0.15) is 0 Å². The first-order chi connectivity index (χ1) is 11.3. The molecular weight excluding hydrogens is 290 g/mol. The van der Waals surface area contributed by atoms with Crippen LogP contribution in [0.1, 0.15) is 87.8 Å². The molecule has 0 aromatic carbocycles. The summed E-state index contributed by atoms with van der Waals surface area (Å²) in [5.74, 6) is 2.88. The van der Waals surface area contributed by atoms with Crippen molar-refractivity contribution < 1.29 is 9.90 Å². The van der Waals surface area contributed by atoms with Crippen LogP contribution >= 0.6 is 0 Å². The minimum Gasteiger partial charge on any atom is -0.396 e. The largest absolute Gasteiger partial charge is 0.396 e. The number of aldehydes is 1. The molecule has 2 saturated carbocycles. The minimum atomic E-state index is 0.00836. The lowest BCUT2D eigenvalue weighted by Crippen LogP contribution is -2.14. The van der Waals surface area contributed by atoms with Gasteiger partial charge in [-0.25, -0.2) is 0 Å². The fourth-order valence-electron chi connectivity index (χ4n) is 3.95. The zero-order chi connectivity index (χ0) is 16.1. The smallest absolute Gasteiger partial charge is 0.136 e. The topological polar surface area (TPSA) is 68.0 Å². The summed E-state index contributed by atoms with van der Waals surface area (Å²) >= 11 is 0. The quantitative estimate of drug-likeness (QED) is 0.710. The van der Waals surface area contributed by atoms with E-state index in [9.17, 15) is 9.90 Å². The number of aryl methyl sites for hydroxylation is 1. The Morgan fingerprint density at radius 2 is 1.96 bits per heavy atom. The molecule has 2 aliphatic rings. The highest BCUT2D eigenvalue weighted by Gasteiger charge is 2.32. The summed E-state index contributed by atoms with van der Waals surface area (Å²) in [4.78, 5) is 11.0. The van der Waals surface area contributed by atoms with Gasteiger partial charge in [0, 0.05) is 31.4 Å². The van der Waals surface area contributed by atoms with E-state index in [4.69, 9.17) is 0 Å². The van der Waals surface area contributed by atoms with E-state index >= 15 is 0 Å². The summed E-state index contributed by atoms with van der Waals surface area (Å²) in [6.45, 7) is 0.0907. The molecule has 1 heterocycles. The van der Waals surface area contributed by atoms with Crippen molar-refractivity contribution in [1.82, 2.24) is 14.8 Å². The molecule has 2 aliphatic carbocycles. The zero-order valence-corrected chi connectivity index (χ0v) is 14.0. The fraction of sp³-hybridized carbons (Fsp3) is 0.833. The molecule has 0 unspecified atom stereocenters. The summed E-state index contributed by atoms with van der Waals surface area (Å²) in [5, 5.41) is 18.2. The third kappa shape index (κ3) is 4.19. The van der Waals surface area contributed by atoms with Gasteiger partial charge in [0.15, 0.2) is 0 Å². The Hall–Kier alpha value is -1.23. The van der Waals surface area contributed by atoms with Gasteiger partial charge in [-0.15, -0.1) is 10.2 Å². The Morgan fingerprint density at radius 1 is 1.17 bits per heavy atom. The van der Waals surface area contributed by atoms with Gasteiger partial charge in [-0.3, -0.25) is 0 Å². The Labute approximate surface area is 138 Å². The van der Waals surface area contributed by atoms with Crippen molar-refractivity contribution in [3.05, 3.63) is 11.6 Å². The molecule has 2 fully saturated rings. The van der Waals surface area contributed by atoms with Crippen molar-refractivity contribution in [2.24, 2.45) is 5.92 Å². The molecule has 0 aliphatic heterocycles. The van der Waals surface area contributed by atoms with Gasteiger partial charge in [-0.1, -0.05) is 32.1 Å². The number of hydrogen-bond donors (Lipinski definition) is 1. The molecule has 0 bridgehead atoms. The third-order valence-electron chi connectivity index (χ3n) is 5.43. The normalized spacial score (nSPS) is 20.6. The summed E-state index contributed by atoms with van der Waals surface area (Å²) in [7, 11) is 0. The maximum Gasteiger partial charge on any atom is 0.136 e. The lowest BCUT2D eigenvalue weighted by atomic mass is 9.86. The molecule has 23 heavy (non-hydrogen) atoms. The summed E-state index contributed by atoms with van der Waals surface area (Å²) < 4.78 is 2.30. The molecule has 0 amide bonds. The number of aromatic nitrogens is 3. The van der Waals surface area contributed by atoms with Gasteiger partial charge in [-0.05, 0) is 31.6 Å². The molecule has 5 nitrogen and oxygen atoms in total. The van der Waals surface area contributed by atoms with Crippen LogP contribution in [0, 0.1) is 5.92 Å². The van der Waals surface area contributed by atoms with Crippen molar-refractivity contribution in [2.75, 3.05) is 6.61 Å². The maximum absolute atomic E-state index is 11.0. The second kappa shape index (κ2) is 8.04. The molecule has 1 N–H and O–H groups in total. The highest BCUT2D eigenvalue weighted by molar-refractivity contribution is 5.51. The van der Waals surface area contributed by atoms with Crippen molar-refractivity contribution in [3.63, 3.8) is 0 Å². The van der Waals surface area contributed by atoms with Crippen LogP contribution in [0.4, 0.5) is 0 Å². The van der Waals surface area contributed by atoms with Crippen LogP contribution in [0.25, 0.3) is 0 Å². The zero-order valence-electron chi connectivity index (χ0n) is 14.0. The predicted molar refractivity (Wildman–Crippen MR) is 88.3 cm³/mol. The molecule has 1 aromatic rings. The number of aliphatic hydroxyl groups excluding tert-OH is 1. The van der Waals surface area contributed by atoms with E-state index in [1.807, 2.05) is 0 Å². The van der Waals surface area contributed by atoms with Crippen LogP contribution in [0.2, 0.25) is 0 Å². The minimum absolute atomic E-state index is 0.00836. The van der Waals surface area contributed by atoms with Gasteiger partial charge in [0.2, 0.25) is 0 Å². The van der Waals surface area contributed by atoms with Crippen molar-refractivity contribution in [1.29, 1.82) is 0 Å². The van der Waals surface area contributed by atoms with Crippen LogP contribution in [0.5, 0.6) is 0 Å². The van der Waals surface area contributed by atoms with Crippen molar-refractivity contribution in [2.45, 2.75) is 82.6 Å². The lowest BCUT2D eigenvalue weighted by molar-refractivity contribution is -0.108. The summed E-state index contributed by atoms with van der Waals surface area (Å²) in [5.41, 5.74) is 0. The molecule has 1 atom stereocenters. The Kier molecular flexibility index (Phi) is 5.81. The number of hydrogen-bond acceptors (Lipinski definition) is 4. The predicted octanol–water partition coefficient (Wildman–Crippen LogP) is 3.18. The van der Waals surface area contributed by atoms with Crippen LogP contribution in [-0.4, -0.2) is 32.8 Å². The van der Waals surface area contributed by atoms with Gasteiger partial charge in [0.1, 0.15) is 17.9 Å². The average molecular weight is 319 g/mol. The molecule has 5 heteroatoms. The fourth-order valence-corrected chi connectivity index (χ4v) is 3.95. The molecule has 0 radical (unpaired) electrons. The number of carbonyl (C=O) groups is 1. The van der Waals surface area contributed by atoms with Crippen molar-refractivity contribution in [3.8, 4) is 0 Å². The van der Waals surface area contributed by atoms with E-state index in [-0.39, 0.29) is 12.5 Å². The van der Waals surface area contributed by atoms with E-state index in [1.54, 1.807) is 0 Å². The molecule has 1 aromatic heterocycles. The SMILES string of the molecule is O=CC[C@H](CCO)c1nnc(CCC2CCCCC2)n1C1CC1. The third-order valence-corrected chi connectivity index (χ3v) is 5.43. The van der Waals surface area contributed by atoms with E-state index in [0.29, 0.717) is 18.9 Å². The lowest BCUT2D eigenvalue weighted by Gasteiger charge is -2.21. The highest BCUT2D eigenvalue weighted by atomic mass is 16.3. The number of carbonyl (C=O) groups excluding carboxylic acids is 1. The van der Waals surface area contributed by atoms with E-state index in [1.165, 1.54) is 51.4 Å². The van der Waals surface area contributed by atoms with Gasteiger partial charge in [0.05, 0.1) is 0 Å². The first kappa shape index (κ1) is 16.6. The van der Waals surface area contributed by atoms with Crippen LogP contribution in [0.3, 0.4) is 0 Å². The summed E-state index contributed by atoms with van der Waals surface area (Å²) in [6.07, 6.45) is 13.4. The van der Waals surface area contributed by atoms with Gasteiger partial charge in [0.25, 0.3) is 0 Å². The second-order valence-electron chi connectivity index (χ2n) is 7.23. The standard InChI is InChI=1S/C18H29N3O2/c22-12-10-15(11-13-23)18-20-19-17(21(18)16-7-8-16)9-6-14-4-2-1-3-5-14/h12,14-16,23H,1-11,13H2/t15-/m1/s1. The number of aliphatic hydroxyl groups is 1. The van der Waals surface area contributed by atoms with Gasteiger partial charge >= 0.3 is 0 Å². The number of nitrogens with zero attached hydrogens (tertiary/aromatic N) is 3. The van der Waals surface area contributed by atoms with Crippen LogP contribution in [-0.2, 0) is 11.2 Å². The Balaban J connectivity index is 1.71. The molecule has 128 valence electrons. The van der Waals surface area contributed by atoms with Crippen LogP contribution in [0.15, 0.2) is 0 Å². The molecular formula is C18H29N3O2. The van der Waals surface area contributed by atoms with Gasteiger partial charge < -0.3 is 14.5 Å². The monoisotopic (exact) mass is 319 g/mol.